The van der Waals surface area contributed by atoms with Gasteiger partial charge in [0.25, 0.3) is 0 Å². The molecule has 1 aliphatic rings. The van der Waals surface area contributed by atoms with E-state index in [0.29, 0.717) is 24.2 Å². The van der Waals surface area contributed by atoms with E-state index in [4.69, 9.17) is 4.98 Å². The third-order valence-electron chi connectivity index (χ3n) is 8.26. The van der Waals surface area contributed by atoms with Crippen molar-refractivity contribution in [1.82, 2.24) is 14.9 Å². The van der Waals surface area contributed by atoms with Crippen molar-refractivity contribution in [3.8, 4) is 11.1 Å². The number of anilines is 1. The number of fused-ring (bicyclic) bond motifs is 1. The van der Waals surface area contributed by atoms with Gasteiger partial charge in [0.05, 0.1) is 16.6 Å². The Labute approximate surface area is 248 Å². The first-order valence-corrected chi connectivity index (χ1v) is 15.5. The lowest BCUT2D eigenvalue weighted by molar-refractivity contribution is 0.0697. The van der Waals surface area contributed by atoms with Crippen LogP contribution in [0, 0.1) is 0 Å². The van der Waals surface area contributed by atoms with Crippen molar-refractivity contribution in [3.05, 3.63) is 83.7 Å². The summed E-state index contributed by atoms with van der Waals surface area (Å²) in [5.74, 6) is 0.110. The lowest BCUT2D eigenvalue weighted by Crippen LogP contribution is -2.46. The number of carbonyl (C=O) groups excluding carboxylic acids is 1. The molecule has 0 radical (unpaired) electrons. The fraction of sp³-hybridized carbons (Fsp3) is 0.400. The summed E-state index contributed by atoms with van der Waals surface area (Å²) in [5.41, 5.74) is 5.83. The molecule has 0 spiro atoms. The van der Waals surface area contributed by atoms with Crippen LogP contribution in [0.15, 0.2) is 66.7 Å². The molecule has 1 heterocycles. The minimum absolute atomic E-state index is 0.0161. The molecule has 0 saturated heterocycles. The largest absolute Gasteiger partial charge is 0.478 e. The lowest BCUT2D eigenvalue weighted by Gasteiger charge is -2.28. The SMILES string of the molecule is CCCCc1nc2ccc(N(CCC)C(=O)NC3CCCCC3)cc2n1Cc1ccc(-c2ccccc2C(=O)O)cc1. The van der Waals surface area contributed by atoms with Gasteiger partial charge >= 0.3 is 12.0 Å². The summed E-state index contributed by atoms with van der Waals surface area (Å²) in [6.07, 6.45) is 9.60. The minimum atomic E-state index is -0.930. The normalized spacial score (nSPS) is 13.8. The highest BCUT2D eigenvalue weighted by molar-refractivity contribution is 5.96. The quantitative estimate of drug-likeness (QED) is 0.192. The number of nitrogens with zero attached hydrogens (tertiary/aromatic N) is 3. The zero-order valence-electron chi connectivity index (χ0n) is 24.8. The van der Waals surface area contributed by atoms with Gasteiger partial charge in [-0.1, -0.05) is 82.0 Å². The second-order valence-electron chi connectivity index (χ2n) is 11.4. The van der Waals surface area contributed by atoms with Crippen LogP contribution in [0.4, 0.5) is 10.5 Å². The van der Waals surface area contributed by atoms with Crippen LogP contribution in [-0.2, 0) is 13.0 Å². The number of aromatic carboxylic acids is 1. The van der Waals surface area contributed by atoms with Crippen molar-refractivity contribution >= 4 is 28.7 Å². The predicted molar refractivity (Wildman–Crippen MR) is 169 cm³/mol. The van der Waals surface area contributed by atoms with Crippen LogP contribution in [0.3, 0.4) is 0 Å². The number of benzene rings is 3. The maximum absolute atomic E-state index is 13.4. The van der Waals surface area contributed by atoms with E-state index in [0.717, 1.165) is 72.2 Å². The molecule has 0 aliphatic heterocycles. The number of carboxylic acid groups (broad SMARTS) is 1. The van der Waals surface area contributed by atoms with E-state index >= 15 is 0 Å². The molecule has 5 rings (SSSR count). The molecule has 2 N–H and O–H groups in total. The van der Waals surface area contributed by atoms with Crippen LogP contribution < -0.4 is 10.2 Å². The molecule has 1 fully saturated rings. The van der Waals surface area contributed by atoms with E-state index < -0.39 is 5.97 Å². The zero-order chi connectivity index (χ0) is 29.5. The monoisotopic (exact) mass is 566 g/mol. The number of unbranched alkanes of at least 4 members (excludes halogenated alkanes) is 1. The number of hydrogen-bond acceptors (Lipinski definition) is 3. The molecule has 1 saturated carbocycles. The topological polar surface area (TPSA) is 87.5 Å². The Morgan fingerprint density at radius 3 is 2.45 bits per heavy atom. The van der Waals surface area contributed by atoms with E-state index in [9.17, 15) is 14.7 Å². The van der Waals surface area contributed by atoms with Crippen molar-refractivity contribution in [1.29, 1.82) is 0 Å². The zero-order valence-corrected chi connectivity index (χ0v) is 24.8. The summed E-state index contributed by atoms with van der Waals surface area (Å²) in [7, 11) is 0. The highest BCUT2D eigenvalue weighted by atomic mass is 16.4. The summed E-state index contributed by atoms with van der Waals surface area (Å²) in [6, 6.07) is 21.6. The number of aromatic nitrogens is 2. The maximum atomic E-state index is 13.4. The van der Waals surface area contributed by atoms with Gasteiger partial charge in [-0.2, -0.15) is 0 Å². The number of aryl methyl sites for hydroxylation is 1. The van der Waals surface area contributed by atoms with Gasteiger partial charge in [0, 0.05) is 31.2 Å². The van der Waals surface area contributed by atoms with Gasteiger partial charge in [-0.05, 0) is 66.6 Å². The lowest BCUT2D eigenvalue weighted by atomic mass is 9.96. The predicted octanol–water partition coefficient (Wildman–Crippen LogP) is 8.05. The van der Waals surface area contributed by atoms with Crippen molar-refractivity contribution in [2.75, 3.05) is 11.4 Å². The molecule has 0 unspecified atom stereocenters. The van der Waals surface area contributed by atoms with Gasteiger partial charge in [-0.3, -0.25) is 4.90 Å². The Balaban J connectivity index is 1.45. The third kappa shape index (κ3) is 6.67. The van der Waals surface area contributed by atoms with Crippen LogP contribution in [-0.4, -0.2) is 39.2 Å². The fourth-order valence-electron chi connectivity index (χ4n) is 6.00. The molecule has 42 heavy (non-hydrogen) atoms. The van der Waals surface area contributed by atoms with E-state index in [1.165, 1.54) is 19.3 Å². The molecule has 7 nitrogen and oxygen atoms in total. The number of hydrogen-bond donors (Lipinski definition) is 2. The molecule has 4 aromatic rings. The number of rotatable bonds is 11. The number of carbonyl (C=O) groups is 2. The van der Waals surface area contributed by atoms with Crippen LogP contribution >= 0.6 is 0 Å². The maximum Gasteiger partial charge on any atom is 0.336 e. The molecule has 0 atom stereocenters. The van der Waals surface area contributed by atoms with E-state index in [-0.39, 0.29) is 12.1 Å². The Morgan fingerprint density at radius 2 is 1.74 bits per heavy atom. The van der Waals surface area contributed by atoms with Gasteiger partial charge in [0.1, 0.15) is 5.82 Å². The molecule has 1 aliphatic carbocycles. The summed E-state index contributed by atoms with van der Waals surface area (Å²) >= 11 is 0. The second-order valence-corrected chi connectivity index (χ2v) is 11.4. The van der Waals surface area contributed by atoms with Crippen LogP contribution in [0.2, 0.25) is 0 Å². The summed E-state index contributed by atoms with van der Waals surface area (Å²) < 4.78 is 2.28. The number of urea groups is 1. The van der Waals surface area contributed by atoms with Gasteiger partial charge in [0.15, 0.2) is 0 Å². The molecular formula is C35H42N4O3. The van der Waals surface area contributed by atoms with Gasteiger partial charge < -0.3 is 15.0 Å². The minimum Gasteiger partial charge on any atom is -0.478 e. The third-order valence-corrected chi connectivity index (χ3v) is 8.26. The molecule has 220 valence electrons. The molecule has 2 amide bonds. The average molecular weight is 567 g/mol. The standard InChI is InChI=1S/C35H42N4O3/c1-3-5-15-33-37-31-21-20-28(38(22-4-2)35(42)36-27-11-7-6-8-12-27)23-32(31)39(33)24-25-16-18-26(19-17-25)29-13-9-10-14-30(29)34(40)41/h9-10,13-14,16-21,23,27H,3-8,11-12,15,22,24H2,1-2H3,(H,36,42)(H,40,41). The highest BCUT2D eigenvalue weighted by Gasteiger charge is 2.22. The van der Waals surface area contributed by atoms with Gasteiger partial charge in [-0.25, -0.2) is 14.6 Å². The Morgan fingerprint density at radius 1 is 0.976 bits per heavy atom. The van der Waals surface area contributed by atoms with E-state index in [2.05, 4.69) is 41.9 Å². The molecular weight excluding hydrogens is 524 g/mol. The van der Waals surface area contributed by atoms with Gasteiger partial charge in [0.2, 0.25) is 0 Å². The van der Waals surface area contributed by atoms with Crippen molar-refractivity contribution in [2.24, 2.45) is 0 Å². The number of imidazole rings is 1. The van der Waals surface area contributed by atoms with Crippen LogP contribution in [0.5, 0.6) is 0 Å². The first kappa shape index (κ1) is 29.4. The molecule has 7 heteroatoms. The number of nitrogens with one attached hydrogen (secondary N) is 1. The van der Waals surface area contributed by atoms with E-state index in [1.807, 2.05) is 41.3 Å². The highest BCUT2D eigenvalue weighted by Crippen LogP contribution is 2.28. The van der Waals surface area contributed by atoms with Gasteiger partial charge in [-0.15, -0.1) is 0 Å². The second kappa shape index (κ2) is 13.7. The summed E-state index contributed by atoms with van der Waals surface area (Å²) in [6.45, 7) is 5.58. The van der Waals surface area contributed by atoms with Crippen molar-refractivity contribution in [3.63, 3.8) is 0 Å². The molecule has 3 aromatic carbocycles. The Bertz CT molecular complexity index is 1520. The fourth-order valence-corrected chi connectivity index (χ4v) is 6.00. The van der Waals surface area contributed by atoms with Crippen LogP contribution in [0.25, 0.3) is 22.2 Å². The van der Waals surface area contributed by atoms with E-state index in [1.54, 1.807) is 12.1 Å². The average Bonchev–Trinajstić information content (AvgIpc) is 3.35. The molecule has 1 aromatic heterocycles. The van der Waals surface area contributed by atoms with Crippen molar-refractivity contribution in [2.45, 2.75) is 84.2 Å². The first-order chi connectivity index (χ1) is 20.5. The van der Waals surface area contributed by atoms with Crippen LogP contribution in [0.1, 0.15) is 87.0 Å². The Kier molecular flexibility index (Phi) is 9.57. The molecule has 0 bridgehead atoms. The van der Waals surface area contributed by atoms with Crippen molar-refractivity contribution < 1.29 is 14.7 Å². The Hall–Kier alpha value is -4.13. The smallest absolute Gasteiger partial charge is 0.336 e. The summed E-state index contributed by atoms with van der Waals surface area (Å²) in [4.78, 5) is 32.1. The number of carboxylic acids is 1. The first-order valence-electron chi connectivity index (χ1n) is 15.5. The number of amides is 2. The summed E-state index contributed by atoms with van der Waals surface area (Å²) in [5, 5.41) is 12.9.